The third-order valence-corrected chi connectivity index (χ3v) is 4.70. The molecule has 3 rings (SSSR count). The van der Waals surface area contributed by atoms with Crippen molar-refractivity contribution in [2.45, 2.75) is 32.5 Å². The number of aryl methyl sites for hydroxylation is 1. The molecular weight excluding hydrogens is 384 g/mol. The number of carbonyl (C=O) groups excluding carboxylic acids is 2. The molecule has 0 aliphatic rings. The fourth-order valence-electron chi connectivity index (χ4n) is 2.88. The van der Waals surface area contributed by atoms with Crippen molar-refractivity contribution < 1.29 is 19.1 Å². The first-order valence-electron chi connectivity index (χ1n) is 9.52. The number of methoxy groups -OCH3 is 1. The van der Waals surface area contributed by atoms with E-state index in [-0.39, 0.29) is 6.61 Å². The second-order valence-corrected chi connectivity index (χ2v) is 6.90. The third kappa shape index (κ3) is 5.22. The molecule has 156 valence electrons. The predicted octanol–water partition coefficient (Wildman–Crippen LogP) is 3.28. The summed E-state index contributed by atoms with van der Waals surface area (Å²) in [5.74, 6) is -0.605. The maximum Gasteiger partial charge on any atom is 0.408 e. The van der Waals surface area contributed by atoms with E-state index in [4.69, 9.17) is 9.47 Å². The fraction of sp³-hybridized carbons (Fsp3) is 0.273. The Bertz CT molecular complexity index is 986. The van der Waals surface area contributed by atoms with E-state index >= 15 is 0 Å². The summed E-state index contributed by atoms with van der Waals surface area (Å²) in [6.07, 6.45) is 1.00. The molecule has 8 nitrogen and oxygen atoms in total. The lowest BCUT2D eigenvalue weighted by atomic mass is 10.1. The molecule has 30 heavy (non-hydrogen) atoms. The van der Waals surface area contributed by atoms with Crippen LogP contribution in [0.3, 0.4) is 0 Å². The molecule has 1 amide bonds. The topological polar surface area (TPSA) is 95.3 Å². The van der Waals surface area contributed by atoms with Crippen molar-refractivity contribution in [3.8, 4) is 11.3 Å². The van der Waals surface area contributed by atoms with Crippen LogP contribution in [0.2, 0.25) is 0 Å². The van der Waals surface area contributed by atoms with Crippen LogP contribution in [0.4, 0.5) is 4.79 Å². The molecule has 0 aliphatic heterocycles. The molecule has 0 fully saturated rings. The molecule has 0 saturated carbocycles. The highest BCUT2D eigenvalue weighted by Gasteiger charge is 2.30. The van der Waals surface area contributed by atoms with Crippen LogP contribution < -0.4 is 5.32 Å². The van der Waals surface area contributed by atoms with Gasteiger partial charge >= 0.3 is 12.1 Å². The summed E-state index contributed by atoms with van der Waals surface area (Å²) < 4.78 is 11.6. The third-order valence-electron chi connectivity index (χ3n) is 4.70. The van der Waals surface area contributed by atoms with Crippen molar-refractivity contribution in [1.82, 2.24) is 20.3 Å². The van der Waals surface area contributed by atoms with Crippen molar-refractivity contribution in [3.63, 3.8) is 0 Å². The van der Waals surface area contributed by atoms with Gasteiger partial charge in [0.2, 0.25) is 0 Å². The van der Waals surface area contributed by atoms with Gasteiger partial charge in [-0.15, -0.1) is 5.10 Å². The van der Waals surface area contributed by atoms with Crippen LogP contribution in [0, 0.1) is 6.92 Å². The molecule has 2 aromatic carbocycles. The van der Waals surface area contributed by atoms with E-state index in [1.165, 1.54) is 11.8 Å². The first-order valence-corrected chi connectivity index (χ1v) is 9.52. The number of esters is 1. The lowest BCUT2D eigenvalue weighted by Gasteiger charge is -2.22. The number of hydrogen-bond acceptors (Lipinski definition) is 6. The molecule has 8 heteroatoms. The summed E-state index contributed by atoms with van der Waals surface area (Å²) in [5.41, 5.74) is 3.55. The van der Waals surface area contributed by atoms with Gasteiger partial charge in [-0.2, -0.15) is 0 Å². The molecule has 0 saturated heterocycles. The van der Waals surface area contributed by atoms with E-state index in [1.54, 1.807) is 13.1 Å². The first-order chi connectivity index (χ1) is 14.5. The summed E-state index contributed by atoms with van der Waals surface area (Å²) in [6, 6.07) is 15.6. The molecule has 0 spiro atoms. The van der Waals surface area contributed by atoms with Gasteiger partial charge in [0.15, 0.2) is 6.04 Å². The Labute approximate surface area is 174 Å². The predicted molar refractivity (Wildman–Crippen MR) is 110 cm³/mol. The lowest BCUT2D eigenvalue weighted by Crippen LogP contribution is -2.46. The highest BCUT2D eigenvalue weighted by Crippen LogP contribution is 2.20. The van der Waals surface area contributed by atoms with Crippen LogP contribution >= 0.6 is 0 Å². The maximum absolute atomic E-state index is 12.3. The highest BCUT2D eigenvalue weighted by atomic mass is 16.6. The molecular formula is C22H24N4O4. The second kappa shape index (κ2) is 9.69. The number of nitrogens with one attached hydrogen (secondary N) is 1. The van der Waals surface area contributed by atoms with Crippen molar-refractivity contribution >= 4 is 12.1 Å². The summed E-state index contributed by atoms with van der Waals surface area (Å²) in [6.45, 7) is 3.84. The van der Waals surface area contributed by atoms with Crippen LogP contribution in [-0.2, 0) is 20.9 Å². The van der Waals surface area contributed by atoms with Gasteiger partial charge in [0.25, 0.3) is 0 Å². The number of alkyl carbamates (subject to hydrolysis) is 1. The molecule has 0 radical (unpaired) electrons. The largest absolute Gasteiger partial charge is 0.467 e. The molecule has 0 unspecified atom stereocenters. The minimum absolute atomic E-state index is 0.0931. The summed E-state index contributed by atoms with van der Waals surface area (Å²) in [7, 11) is 1.26. The van der Waals surface area contributed by atoms with Gasteiger partial charge in [-0.3, -0.25) is 0 Å². The number of aromatic nitrogens is 3. The van der Waals surface area contributed by atoms with Gasteiger partial charge in [0.05, 0.1) is 19.3 Å². The standard InChI is InChI=1S/C22H24N4O4/c1-15-9-11-18(12-10-15)19-13-26(25-24-19)16(2)20(21(27)29-3)23-22(28)30-14-17-7-5-4-6-8-17/h4-13,16,20H,14H2,1-3H3,(H,23,28)/t16-,20-/m0/s1. The van der Waals surface area contributed by atoms with Crippen molar-refractivity contribution in [3.05, 3.63) is 71.9 Å². The average Bonchev–Trinajstić information content (AvgIpc) is 3.26. The number of carbonyl (C=O) groups is 2. The number of rotatable bonds is 7. The number of nitrogens with zero attached hydrogens (tertiary/aromatic N) is 3. The van der Waals surface area contributed by atoms with Gasteiger partial charge in [0.1, 0.15) is 12.3 Å². The molecule has 1 heterocycles. The van der Waals surface area contributed by atoms with Gasteiger partial charge in [-0.05, 0) is 19.4 Å². The normalized spacial score (nSPS) is 12.6. The maximum atomic E-state index is 12.3. The Balaban J connectivity index is 1.69. The summed E-state index contributed by atoms with van der Waals surface area (Å²) >= 11 is 0. The van der Waals surface area contributed by atoms with E-state index in [9.17, 15) is 9.59 Å². The zero-order valence-electron chi connectivity index (χ0n) is 17.1. The quantitative estimate of drug-likeness (QED) is 0.603. The molecule has 3 aromatic rings. The van der Waals surface area contributed by atoms with E-state index in [1.807, 2.05) is 61.5 Å². The zero-order chi connectivity index (χ0) is 21.5. The molecule has 0 aliphatic carbocycles. The minimum Gasteiger partial charge on any atom is -0.467 e. The Morgan fingerprint density at radius 2 is 1.80 bits per heavy atom. The summed E-state index contributed by atoms with van der Waals surface area (Å²) in [4.78, 5) is 24.6. The number of benzene rings is 2. The molecule has 2 atom stereocenters. The van der Waals surface area contributed by atoms with Gasteiger partial charge in [-0.25, -0.2) is 14.3 Å². The SMILES string of the molecule is COC(=O)[C@@H](NC(=O)OCc1ccccc1)[C@H](C)n1cc(-c2ccc(C)cc2)nn1. The lowest BCUT2D eigenvalue weighted by molar-refractivity contribution is -0.144. The molecule has 1 aromatic heterocycles. The van der Waals surface area contributed by atoms with Crippen LogP contribution in [0.1, 0.15) is 24.1 Å². The number of hydrogen-bond donors (Lipinski definition) is 1. The van der Waals surface area contributed by atoms with Crippen LogP contribution in [-0.4, -0.2) is 40.2 Å². The summed E-state index contributed by atoms with van der Waals surface area (Å²) in [5, 5.41) is 10.9. The van der Waals surface area contributed by atoms with Crippen LogP contribution in [0.15, 0.2) is 60.8 Å². The smallest absolute Gasteiger partial charge is 0.408 e. The van der Waals surface area contributed by atoms with E-state index in [2.05, 4.69) is 15.6 Å². The van der Waals surface area contributed by atoms with Crippen LogP contribution in [0.25, 0.3) is 11.3 Å². The van der Waals surface area contributed by atoms with Gasteiger partial charge in [0, 0.05) is 5.56 Å². The van der Waals surface area contributed by atoms with E-state index in [0.29, 0.717) is 5.69 Å². The molecule has 1 N–H and O–H groups in total. The zero-order valence-corrected chi connectivity index (χ0v) is 17.1. The van der Waals surface area contributed by atoms with Gasteiger partial charge < -0.3 is 14.8 Å². The number of amides is 1. The van der Waals surface area contributed by atoms with Crippen LogP contribution in [0.5, 0.6) is 0 Å². The average molecular weight is 408 g/mol. The Morgan fingerprint density at radius 1 is 1.10 bits per heavy atom. The minimum atomic E-state index is -0.995. The van der Waals surface area contributed by atoms with E-state index < -0.39 is 24.1 Å². The number of ether oxygens (including phenoxy) is 2. The van der Waals surface area contributed by atoms with Gasteiger partial charge in [-0.1, -0.05) is 65.4 Å². The first kappa shape index (κ1) is 21.0. The van der Waals surface area contributed by atoms with Crippen molar-refractivity contribution in [2.24, 2.45) is 0 Å². The Hall–Kier alpha value is -3.68. The highest BCUT2D eigenvalue weighted by molar-refractivity contribution is 5.81. The van der Waals surface area contributed by atoms with Crippen molar-refractivity contribution in [1.29, 1.82) is 0 Å². The second-order valence-electron chi connectivity index (χ2n) is 6.90. The van der Waals surface area contributed by atoms with Crippen molar-refractivity contribution in [2.75, 3.05) is 7.11 Å². The Morgan fingerprint density at radius 3 is 2.47 bits per heavy atom. The Kier molecular flexibility index (Phi) is 6.79. The fourth-order valence-corrected chi connectivity index (χ4v) is 2.88. The van der Waals surface area contributed by atoms with E-state index in [0.717, 1.165) is 16.7 Å². The monoisotopic (exact) mass is 408 g/mol. The molecule has 0 bridgehead atoms.